The Bertz CT molecular complexity index is 856. The van der Waals surface area contributed by atoms with Gasteiger partial charge in [0.1, 0.15) is 18.0 Å². The van der Waals surface area contributed by atoms with Crippen molar-refractivity contribution in [2.24, 2.45) is 0 Å². The number of ether oxygens (including phenoxy) is 1. The maximum atomic E-state index is 12.1. The van der Waals surface area contributed by atoms with Crippen molar-refractivity contribution < 1.29 is 4.74 Å². The number of pyridine rings is 1. The van der Waals surface area contributed by atoms with E-state index in [-0.39, 0.29) is 12.2 Å². The van der Waals surface area contributed by atoms with Crippen LogP contribution in [0.25, 0.3) is 5.65 Å². The second-order valence-electron chi connectivity index (χ2n) is 4.83. The van der Waals surface area contributed by atoms with Crippen LogP contribution in [0.3, 0.4) is 0 Å². The Morgan fingerprint density at radius 3 is 2.90 bits per heavy atom. The van der Waals surface area contributed by atoms with E-state index >= 15 is 0 Å². The van der Waals surface area contributed by atoms with Crippen LogP contribution in [0.2, 0.25) is 0 Å². The summed E-state index contributed by atoms with van der Waals surface area (Å²) in [5.74, 6) is 0.654. The largest absolute Gasteiger partial charge is 0.487 e. The van der Waals surface area contributed by atoms with Crippen LogP contribution in [0.5, 0.6) is 5.75 Å². The highest BCUT2D eigenvalue weighted by molar-refractivity contribution is 5.47. The summed E-state index contributed by atoms with van der Waals surface area (Å²) >= 11 is 0. The van der Waals surface area contributed by atoms with Gasteiger partial charge < -0.3 is 10.5 Å². The average Bonchev–Trinajstić information content (AvgIpc) is 2.46. The molecule has 0 unspecified atom stereocenters. The summed E-state index contributed by atoms with van der Waals surface area (Å²) < 4.78 is 7.15. The molecule has 21 heavy (non-hydrogen) atoms. The molecule has 0 aliphatic carbocycles. The van der Waals surface area contributed by atoms with Crippen LogP contribution in [-0.2, 0) is 6.61 Å². The number of benzene rings is 1. The third-order valence-electron chi connectivity index (χ3n) is 3.18. The molecule has 0 saturated carbocycles. The van der Waals surface area contributed by atoms with Gasteiger partial charge in [0.2, 0.25) is 0 Å². The second-order valence-corrected chi connectivity index (χ2v) is 4.83. The van der Waals surface area contributed by atoms with Crippen molar-refractivity contribution in [3.8, 4) is 5.75 Å². The Kier molecular flexibility index (Phi) is 3.31. The zero-order valence-corrected chi connectivity index (χ0v) is 11.6. The number of nitrogens with two attached hydrogens (primary N) is 1. The highest BCUT2D eigenvalue weighted by atomic mass is 16.5. The number of nitrogen functional groups attached to an aromatic ring is 1. The van der Waals surface area contributed by atoms with Crippen molar-refractivity contribution in [1.29, 1.82) is 0 Å². The molecule has 0 atom stereocenters. The van der Waals surface area contributed by atoms with E-state index in [4.69, 9.17) is 10.5 Å². The van der Waals surface area contributed by atoms with Crippen molar-refractivity contribution in [1.82, 2.24) is 9.38 Å². The fourth-order valence-electron chi connectivity index (χ4n) is 2.14. The summed E-state index contributed by atoms with van der Waals surface area (Å²) in [6, 6.07) is 12.4. The highest BCUT2D eigenvalue weighted by Gasteiger charge is 2.05. The summed E-state index contributed by atoms with van der Waals surface area (Å²) in [5, 5.41) is 0. The van der Waals surface area contributed by atoms with Crippen molar-refractivity contribution in [3.63, 3.8) is 0 Å². The monoisotopic (exact) mass is 281 g/mol. The molecule has 0 fully saturated rings. The molecule has 2 heterocycles. The molecular formula is C16H15N3O2. The van der Waals surface area contributed by atoms with Gasteiger partial charge in [-0.25, -0.2) is 4.98 Å². The minimum atomic E-state index is -0.116. The molecule has 2 N–H and O–H groups in total. The molecule has 106 valence electrons. The lowest BCUT2D eigenvalue weighted by atomic mass is 10.3. The predicted octanol–water partition coefficient (Wildman–Crippen LogP) is 2.16. The van der Waals surface area contributed by atoms with E-state index in [1.165, 1.54) is 10.5 Å². The minimum absolute atomic E-state index is 0.116. The third kappa shape index (κ3) is 2.72. The summed E-state index contributed by atoms with van der Waals surface area (Å²) in [6.07, 6.45) is 1.71. The molecule has 0 bridgehead atoms. The van der Waals surface area contributed by atoms with Crippen molar-refractivity contribution in [2.75, 3.05) is 5.73 Å². The van der Waals surface area contributed by atoms with E-state index in [0.717, 1.165) is 5.56 Å². The topological polar surface area (TPSA) is 69.6 Å². The van der Waals surface area contributed by atoms with Gasteiger partial charge in [-0.1, -0.05) is 12.1 Å². The zero-order valence-electron chi connectivity index (χ0n) is 11.6. The molecule has 0 amide bonds. The fraction of sp³-hybridized carbons (Fsp3) is 0.125. The molecule has 3 aromatic rings. The van der Waals surface area contributed by atoms with Gasteiger partial charge in [-0.15, -0.1) is 0 Å². The number of rotatable bonds is 3. The Hall–Kier alpha value is -2.82. The van der Waals surface area contributed by atoms with Crippen molar-refractivity contribution in [3.05, 3.63) is 70.3 Å². The molecule has 0 aliphatic heterocycles. The molecule has 5 nitrogen and oxygen atoms in total. The Morgan fingerprint density at radius 1 is 1.24 bits per heavy atom. The van der Waals surface area contributed by atoms with Gasteiger partial charge in [0.05, 0.1) is 5.69 Å². The molecule has 5 heteroatoms. The lowest BCUT2D eigenvalue weighted by molar-refractivity contribution is 0.301. The number of nitrogens with zero attached hydrogens (tertiary/aromatic N) is 2. The number of fused-ring (bicyclic) bond motifs is 1. The molecule has 1 aromatic carbocycles. The standard InChI is InChI=1S/C16H15N3O2/c1-11-4-3-7-19-15(20)9-13(18-16(11)19)10-21-14-6-2-5-12(17)8-14/h2-9H,10,17H2,1H3. The van der Waals surface area contributed by atoms with Crippen LogP contribution in [0.4, 0.5) is 5.69 Å². The Morgan fingerprint density at radius 2 is 2.10 bits per heavy atom. The van der Waals surface area contributed by atoms with Crippen LogP contribution in [0.1, 0.15) is 11.3 Å². The predicted molar refractivity (Wildman–Crippen MR) is 81.4 cm³/mol. The van der Waals surface area contributed by atoms with E-state index < -0.39 is 0 Å². The van der Waals surface area contributed by atoms with E-state index in [2.05, 4.69) is 4.98 Å². The van der Waals surface area contributed by atoms with Gasteiger partial charge in [0, 0.05) is 24.0 Å². The lowest BCUT2D eigenvalue weighted by Crippen LogP contribution is -2.17. The SMILES string of the molecule is Cc1cccn2c(=O)cc(COc3cccc(N)c3)nc12. The molecule has 0 aliphatic rings. The van der Waals surface area contributed by atoms with Crippen molar-refractivity contribution in [2.45, 2.75) is 13.5 Å². The first kappa shape index (κ1) is 13.2. The third-order valence-corrected chi connectivity index (χ3v) is 3.18. The Labute approximate surface area is 121 Å². The zero-order chi connectivity index (χ0) is 14.8. The van der Waals surface area contributed by atoms with Crippen LogP contribution in [0, 0.1) is 6.92 Å². The maximum absolute atomic E-state index is 12.1. The lowest BCUT2D eigenvalue weighted by Gasteiger charge is -2.08. The minimum Gasteiger partial charge on any atom is -0.487 e. The summed E-state index contributed by atoms with van der Waals surface area (Å²) in [7, 11) is 0. The summed E-state index contributed by atoms with van der Waals surface area (Å²) in [5.41, 5.74) is 8.40. The van der Waals surface area contributed by atoms with Gasteiger partial charge >= 0.3 is 0 Å². The number of hydrogen-bond acceptors (Lipinski definition) is 4. The van der Waals surface area contributed by atoms with Crippen molar-refractivity contribution >= 4 is 11.3 Å². The molecule has 2 aromatic heterocycles. The maximum Gasteiger partial charge on any atom is 0.258 e. The number of aromatic nitrogens is 2. The summed E-state index contributed by atoms with van der Waals surface area (Å²) in [4.78, 5) is 16.5. The Balaban J connectivity index is 1.91. The molecule has 0 radical (unpaired) electrons. The van der Waals surface area contributed by atoms with Crippen LogP contribution < -0.4 is 16.0 Å². The second kappa shape index (κ2) is 5.28. The first-order valence-corrected chi connectivity index (χ1v) is 6.60. The first-order valence-electron chi connectivity index (χ1n) is 6.60. The number of hydrogen-bond donors (Lipinski definition) is 1. The van der Waals surface area contributed by atoms with Gasteiger partial charge in [-0.2, -0.15) is 0 Å². The average molecular weight is 281 g/mol. The van der Waals surface area contributed by atoms with Crippen LogP contribution >= 0.6 is 0 Å². The number of aryl methyl sites for hydroxylation is 1. The highest BCUT2D eigenvalue weighted by Crippen LogP contribution is 2.15. The smallest absolute Gasteiger partial charge is 0.258 e. The van der Waals surface area contributed by atoms with E-state index in [1.54, 1.807) is 18.3 Å². The number of anilines is 1. The normalized spacial score (nSPS) is 10.7. The van der Waals surface area contributed by atoms with Gasteiger partial charge in [-0.05, 0) is 30.7 Å². The van der Waals surface area contributed by atoms with Crippen LogP contribution in [0.15, 0.2) is 53.5 Å². The molecule has 0 saturated heterocycles. The van der Waals surface area contributed by atoms with E-state index in [1.807, 2.05) is 31.2 Å². The summed E-state index contributed by atoms with van der Waals surface area (Å²) in [6.45, 7) is 2.15. The van der Waals surface area contributed by atoms with Gasteiger partial charge in [0.15, 0.2) is 0 Å². The molecular weight excluding hydrogens is 266 g/mol. The van der Waals surface area contributed by atoms with E-state index in [0.29, 0.717) is 22.8 Å². The van der Waals surface area contributed by atoms with Gasteiger partial charge in [0.25, 0.3) is 5.56 Å². The quantitative estimate of drug-likeness (QED) is 0.747. The van der Waals surface area contributed by atoms with Gasteiger partial charge in [-0.3, -0.25) is 9.20 Å². The van der Waals surface area contributed by atoms with Crippen LogP contribution in [-0.4, -0.2) is 9.38 Å². The molecule has 3 rings (SSSR count). The molecule has 0 spiro atoms. The first-order chi connectivity index (χ1) is 10.1. The fourth-order valence-corrected chi connectivity index (χ4v) is 2.14. The van der Waals surface area contributed by atoms with E-state index in [9.17, 15) is 4.79 Å².